The molecule has 2 N–H and O–H groups in total. The Balaban J connectivity index is 1.70. The van der Waals surface area contributed by atoms with Gasteiger partial charge >= 0.3 is 0 Å². The van der Waals surface area contributed by atoms with Crippen molar-refractivity contribution in [2.45, 2.75) is 31.7 Å². The molecule has 1 aromatic carbocycles. The van der Waals surface area contributed by atoms with Crippen LogP contribution in [0.1, 0.15) is 31.7 Å². The molecule has 1 aromatic heterocycles. The van der Waals surface area contributed by atoms with E-state index in [1.54, 1.807) is 0 Å². The molecular formula is C16H22N4O. The first-order valence-electron chi connectivity index (χ1n) is 7.92. The summed E-state index contributed by atoms with van der Waals surface area (Å²) in [5.74, 6) is 0. The fourth-order valence-corrected chi connectivity index (χ4v) is 3.53. The number of ether oxygens (including phenoxy) is 1. The van der Waals surface area contributed by atoms with Crippen LogP contribution in [-0.4, -0.2) is 36.1 Å². The molecule has 21 heavy (non-hydrogen) atoms. The molecule has 5 heteroatoms. The molecule has 0 atom stereocenters. The summed E-state index contributed by atoms with van der Waals surface area (Å²) in [4.78, 5) is 2.30. The number of nitrogens with zero attached hydrogens (tertiary/aromatic N) is 3. The van der Waals surface area contributed by atoms with Gasteiger partial charge in [-0.3, -0.25) is 4.68 Å². The summed E-state index contributed by atoms with van der Waals surface area (Å²) in [6.07, 6.45) is 7.30. The maximum Gasteiger partial charge on any atom is 0.0945 e. The van der Waals surface area contributed by atoms with E-state index in [9.17, 15) is 0 Å². The monoisotopic (exact) mass is 286 g/mol. The summed E-state index contributed by atoms with van der Waals surface area (Å²) < 4.78 is 7.57. The van der Waals surface area contributed by atoms with Crippen LogP contribution >= 0.6 is 0 Å². The van der Waals surface area contributed by atoms with Gasteiger partial charge in [0.05, 0.1) is 36.1 Å². The number of nitrogens with two attached hydrogens (primary N) is 1. The van der Waals surface area contributed by atoms with Crippen LogP contribution in [0.15, 0.2) is 18.3 Å². The van der Waals surface area contributed by atoms with Crippen LogP contribution in [0.5, 0.6) is 0 Å². The van der Waals surface area contributed by atoms with Crippen LogP contribution in [0.2, 0.25) is 0 Å². The lowest BCUT2D eigenvalue weighted by Gasteiger charge is -2.29. The first-order chi connectivity index (χ1) is 10.3. The Kier molecular flexibility index (Phi) is 3.22. The van der Waals surface area contributed by atoms with E-state index in [0.29, 0.717) is 6.04 Å². The second kappa shape index (κ2) is 5.22. The van der Waals surface area contributed by atoms with Gasteiger partial charge in [0.15, 0.2) is 0 Å². The van der Waals surface area contributed by atoms with Crippen LogP contribution in [0.25, 0.3) is 10.9 Å². The van der Waals surface area contributed by atoms with Crippen molar-refractivity contribution in [1.82, 2.24) is 9.78 Å². The molecule has 0 radical (unpaired) electrons. The molecule has 5 nitrogen and oxygen atoms in total. The van der Waals surface area contributed by atoms with E-state index < -0.39 is 0 Å². The number of fused-ring (bicyclic) bond motifs is 1. The molecule has 0 bridgehead atoms. The van der Waals surface area contributed by atoms with E-state index in [-0.39, 0.29) is 0 Å². The Labute approximate surface area is 124 Å². The largest absolute Gasteiger partial charge is 0.397 e. The summed E-state index contributed by atoms with van der Waals surface area (Å²) in [6.45, 7) is 3.35. The molecule has 112 valence electrons. The lowest BCUT2D eigenvalue weighted by Crippen LogP contribution is -2.36. The van der Waals surface area contributed by atoms with Crippen molar-refractivity contribution in [1.29, 1.82) is 0 Å². The van der Waals surface area contributed by atoms with Crippen molar-refractivity contribution in [2.75, 3.05) is 36.9 Å². The van der Waals surface area contributed by atoms with Crippen molar-refractivity contribution in [3.8, 4) is 0 Å². The lowest BCUT2D eigenvalue weighted by atomic mass is 10.2. The van der Waals surface area contributed by atoms with Gasteiger partial charge in [0, 0.05) is 24.7 Å². The van der Waals surface area contributed by atoms with Crippen LogP contribution in [0.3, 0.4) is 0 Å². The highest BCUT2D eigenvalue weighted by atomic mass is 16.5. The topological polar surface area (TPSA) is 56.3 Å². The number of anilines is 2. The molecule has 1 aliphatic heterocycles. The predicted octanol–water partition coefficient (Wildman–Crippen LogP) is 2.57. The van der Waals surface area contributed by atoms with Gasteiger partial charge in [0.25, 0.3) is 0 Å². The molecule has 0 amide bonds. The van der Waals surface area contributed by atoms with Gasteiger partial charge < -0.3 is 15.4 Å². The highest BCUT2D eigenvalue weighted by Gasteiger charge is 2.20. The summed E-state index contributed by atoms with van der Waals surface area (Å²) in [7, 11) is 0. The van der Waals surface area contributed by atoms with E-state index in [2.05, 4.69) is 27.9 Å². The zero-order valence-electron chi connectivity index (χ0n) is 12.3. The molecule has 4 rings (SSSR count). The van der Waals surface area contributed by atoms with Gasteiger partial charge in [-0.25, -0.2) is 0 Å². The third kappa shape index (κ3) is 2.35. The average molecular weight is 286 g/mol. The molecular weight excluding hydrogens is 264 g/mol. The molecule has 2 aromatic rings. The van der Waals surface area contributed by atoms with Crippen molar-refractivity contribution in [2.24, 2.45) is 0 Å². The molecule has 0 spiro atoms. The maximum absolute atomic E-state index is 6.26. The Hall–Kier alpha value is -1.75. The highest BCUT2D eigenvalue weighted by Crippen LogP contribution is 2.33. The fraction of sp³-hybridized carbons (Fsp3) is 0.562. The zero-order valence-corrected chi connectivity index (χ0v) is 12.3. The molecule has 2 fully saturated rings. The van der Waals surface area contributed by atoms with Crippen molar-refractivity contribution in [3.05, 3.63) is 18.3 Å². The normalized spacial score (nSPS) is 20.5. The van der Waals surface area contributed by atoms with Crippen LogP contribution in [0, 0.1) is 0 Å². The van der Waals surface area contributed by atoms with Gasteiger partial charge in [0.1, 0.15) is 0 Å². The minimum absolute atomic E-state index is 0.575. The minimum Gasteiger partial charge on any atom is -0.397 e. The number of benzene rings is 1. The molecule has 1 saturated heterocycles. The Morgan fingerprint density at radius 2 is 1.90 bits per heavy atom. The number of hydrogen-bond acceptors (Lipinski definition) is 4. The van der Waals surface area contributed by atoms with Gasteiger partial charge in [-0.15, -0.1) is 0 Å². The predicted molar refractivity (Wildman–Crippen MR) is 84.7 cm³/mol. The Bertz CT molecular complexity index is 639. The fourth-order valence-electron chi connectivity index (χ4n) is 3.53. The van der Waals surface area contributed by atoms with E-state index >= 15 is 0 Å². The van der Waals surface area contributed by atoms with Crippen molar-refractivity contribution >= 4 is 22.3 Å². The summed E-state index contributed by atoms with van der Waals surface area (Å²) in [5, 5.41) is 5.94. The summed E-state index contributed by atoms with van der Waals surface area (Å²) in [6, 6.07) is 4.78. The second-order valence-electron chi connectivity index (χ2n) is 6.12. The van der Waals surface area contributed by atoms with E-state index in [1.807, 2.05) is 0 Å². The van der Waals surface area contributed by atoms with Gasteiger partial charge in [-0.05, 0) is 25.0 Å². The summed E-state index contributed by atoms with van der Waals surface area (Å²) >= 11 is 0. The van der Waals surface area contributed by atoms with Crippen molar-refractivity contribution < 1.29 is 4.74 Å². The van der Waals surface area contributed by atoms with Gasteiger partial charge in [-0.2, -0.15) is 5.10 Å². The zero-order chi connectivity index (χ0) is 14.2. The molecule has 1 saturated carbocycles. The number of rotatable bonds is 2. The van der Waals surface area contributed by atoms with Gasteiger partial charge in [0.2, 0.25) is 0 Å². The average Bonchev–Trinajstić information content (AvgIpc) is 3.16. The minimum atomic E-state index is 0.575. The second-order valence-corrected chi connectivity index (χ2v) is 6.12. The molecule has 0 unspecified atom stereocenters. The number of nitrogen functional groups attached to an aromatic ring is 1. The number of morpholine rings is 1. The first kappa shape index (κ1) is 13.0. The van der Waals surface area contributed by atoms with E-state index in [0.717, 1.165) is 48.6 Å². The van der Waals surface area contributed by atoms with E-state index in [4.69, 9.17) is 15.6 Å². The first-order valence-corrected chi connectivity index (χ1v) is 7.92. The lowest BCUT2D eigenvalue weighted by molar-refractivity contribution is 0.123. The van der Waals surface area contributed by atoms with Crippen LogP contribution < -0.4 is 10.6 Å². The maximum atomic E-state index is 6.26. The number of hydrogen-bond donors (Lipinski definition) is 1. The Morgan fingerprint density at radius 1 is 1.14 bits per heavy atom. The van der Waals surface area contributed by atoms with E-state index in [1.165, 1.54) is 25.7 Å². The van der Waals surface area contributed by atoms with Gasteiger partial charge in [-0.1, -0.05) is 12.8 Å². The highest BCUT2D eigenvalue weighted by molar-refractivity contribution is 5.89. The Morgan fingerprint density at radius 3 is 2.67 bits per heavy atom. The van der Waals surface area contributed by atoms with Crippen LogP contribution in [0.4, 0.5) is 11.4 Å². The third-order valence-corrected chi connectivity index (χ3v) is 4.72. The smallest absolute Gasteiger partial charge is 0.0945 e. The molecule has 2 aliphatic rings. The quantitative estimate of drug-likeness (QED) is 0.862. The standard InChI is InChI=1S/C16H22N4O/c17-14-9-12-11-20(13-3-1-2-4-13)18-15(12)10-16(14)19-5-7-21-8-6-19/h9-11,13H,1-8,17H2. The summed E-state index contributed by atoms with van der Waals surface area (Å²) in [5.41, 5.74) is 9.26. The SMILES string of the molecule is Nc1cc2cn(C3CCCC3)nc2cc1N1CCOCC1. The van der Waals surface area contributed by atoms with Crippen LogP contribution in [-0.2, 0) is 4.74 Å². The van der Waals surface area contributed by atoms with Crippen molar-refractivity contribution in [3.63, 3.8) is 0 Å². The third-order valence-electron chi connectivity index (χ3n) is 4.72. The molecule has 1 aliphatic carbocycles. The number of aromatic nitrogens is 2. The molecule has 2 heterocycles.